The minimum atomic E-state index is -0.230. The highest BCUT2D eigenvalue weighted by atomic mass is 19.1. The average Bonchev–Trinajstić information content (AvgIpc) is 2.59. The molecule has 1 aromatic heterocycles. The predicted molar refractivity (Wildman–Crippen MR) is 62.5 cm³/mol. The molecule has 0 fully saturated rings. The van der Waals surface area contributed by atoms with Crippen molar-refractivity contribution in [1.82, 2.24) is 10.2 Å². The summed E-state index contributed by atoms with van der Waals surface area (Å²) in [6, 6.07) is 4.70. The molecule has 1 aromatic carbocycles. The second-order valence-electron chi connectivity index (χ2n) is 3.78. The van der Waals surface area contributed by atoms with E-state index in [1.54, 1.807) is 6.07 Å². The predicted octanol–water partition coefficient (Wildman–Crippen LogP) is 2.67. The molecule has 0 amide bonds. The van der Waals surface area contributed by atoms with Crippen molar-refractivity contribution in [3.8, 4) is 11.3 Å². The molecule has 0 bridgehead atoms. The molecule has 2 rings (SSSR count). The van der Waals surface area contributed by atoms with Crippen molar-refractivity contribution in [3.63, 3.8) is 0 Å². The van der Waals surface area contributed by atoms with Crippen molar-refractivity contribution in [2.75, 3.05) is 5.73 Å². The second-order valence-corrected chi connectivity index (χ2v) is 3.78. The summed E-state index contributed by atoms with van der Waals surface area (Å²) in [5.41, 5.74) is 9.44. The fourth-order valence-corrected chi connectivity index (χ4v) is 1.87. The first kappa shape index (κ1) is 10.7. The van der Waals surface area contributed by atoms with E-state index >= 15 is 0 Å². The molecule has 16 heavy (non-hydrogen) atoms. The van der Waals surface area contributed by atoms with E-state index in [-0.39, 0.29) is 5.82 Å². The van der Waals surface area contributed by atoms with E-state index in [0.717, 1.165) is 28.8 Å². The van der Waals surface area contributed by atoms with Gasteiger partial charge in [0.15, 0.2) is 0 Å². The van der Waals surface area contributed by atoms with Gasteiger partial charge in [-0.3, -0.25) is 5.10 Å². The molecule has 4 heteroatoms. The SMILES string of the molecule is CCc1c(N)n[nH]c1-c1ccc(F)cc1C. The molecule has 0 spiro atoms. The maximum absolute atomic E-state index is 13.0. The normalized spacial score (nSPS) is 10.7. The summed E-state index contributed by atoms with van der Waals surface area (Å²) in [6.45, 7) is 3.89. The summed E-state index contributed by atoms with van der Waals surface area (Å²) in [6.07, 6.45) is 0.800. The van der Waals surface area contributed by atoms with E-state index in [1.807, 2.05) is 13.8 Å². The number of nitrogens with zero attached hydrogens (tertiary/aromatic N) is 1. The van der Waals surface area contributed by atoms with E-state index in [2.05, 4.69) is 10.2 Å². The third-order valence-electron chi connectivity index (χ3n) is 2.71. The number of nitrogen functional groups attached to an aromatic ring is 1. The van der Waals surface area contributed by atoms with Crippen molar-refractivity contribution in [2.45, 2.75) is 20.3 Å². The van der Waals surface area contributed by atoms with Crippen LogP contribution in [0.4, 0.5) is 10.2 Å². The van der Waals surface area contributed by atoms with Crippen molar-refractivity contribution < 1.29 is 4.39 Å². The average molecular weight is 219 g/mol. The topological polar surface area (TPSA) is 54.7 Å². The van der Waals surface area contributed by atoms with Gasteiger partial charge in [0, 0.05) is 11.1 Å². The molecule has 84 valence electrons. The highest BCUT2D eigenvalue weighted by Crippen LogP contribution is 2.28. The lowest BCUT2D eigenvalue weighted by Crippen LogP contribution is -1.92. The van der Waals surface area contributed by atoms with Gasteiger partial charge < -0.3 is 5.73 Å². The Labute approximate surface area is 93.5 Å². The van der Waals surface area contributed by atoms with Crippen LogP contribution in [-0.4, -0.2) is 10.2 Å². The molecular formula is C12H14FN3. The van der Waals surface area contributed by atoms with Crippen LogP contribution in [0.3, 0.4) is 0 Å². The summed E-state index contributed by atoms with van der Waals surface area (Å²) >= 11 is 0. The minimum absolute atomic E-state index is 0.230. The number of H-pyrrole nitrogens is 1. The summed E-state index contributed by atoms with van der Waals surface area (Å²) in [5.74, 6) is 0.285. The molecule has 0 saturated carbocycles. The fraction of sp³-hybridized carbons (Fsp3) is 0.250. The van der Waals surface area contributed by atoms with Crippen molar-refractivity contribution >= 4 is 5.82 Å². The van der Waals surface area contributed by atoms with E-state index in [4.69, 9.17) is 5.73 Å². The van der Waals surface area contributed by atoms with E-state index in [0.29, 0.717) is 5.82 Å². The number of nitrogens with two attached hydrogens (primary N) is 1. The molecule has 0 aliphatic carbocycles. The summed E-state index contributed by atoms with van der Waals surface area (Å²) in [5, 5.41) is 6.89. The number of rotatable bonds is 2. The zero-order chi connectivity index (χ0) is 11.7. The maximum atomic E-state index is 13.0. The van der Waals surface area contributed by atoms with E-state index < -0.39 is 0 Å². The number of aryl methyl sites for hydroxylation is 1. The van der Waals surface area contributed by atoms with Gasteiger partial charge in [-0.2, -0.15) is 5.10 Å². The van der Waals surface area contributed by atoms with Gasteiger partial charge in [-0.1, -0.05) is 6.92 Å². The Bertz CT molecular complexity index is 517. The van der Waals surface area contributed by atoms with Crippen LogP contribution in [0.2, 0.25) is 0 Å². The van der Waals surface area contributed by atoms with Crippen LogP contribution in [0.1, 0.15) is 18.1 Å². The van der Waals surface area contributed by atoms with Gasteiger partial charge in [-0.05, 0) is 37.1 Å². The van der Waals surface area contributed by atoms with Crippen LogP contribution in [0.15, 0.2) is 18.2 Å². The number of aromatic nitrogens is 2. The molecule has 1 heterocycles. The van der Waals surface area contributed by atoms with Crippen LogP contribution in [0, 0.1) is 12.7 Å². The van der Waals surface area contributed by atoms with Gasteiger partial charge in [0.25, 0.3) is 0 Å². The number of nitrogens with one attached hydrogen (secondary N) is 1. The number of benzene rings is 1. The quantitative estimate of drug-likeness (QED) is 0.815. The lowest BCUT2D eigenvalue weighted by atomic mass is 10.0. The van der Waals surface area contributed by atoms with E-state index in [9.17, 15) is 4.39 Å². The zero-order valence-corrected chi connectivity index (χ0v) is 9.34. The molecule has 3 N–H and O–H groups in total. The van der Waals surface area contributed by atoms with Gasteiger partial charge in [0.2, 0.25) is 0 Å². The van der Waals surface area contributed by atoms with Crippen LogP contribution >= 0.6 is 0 Å². The Hall–Kier alpha value is -1.84. The Morgan fingerprint density at radius 2 is 2.19 bits per heavy atom. The van der Waals surface area contributed by atoms with Crippen molar-refractivity contribution in [2.24, 2.45) is 0 Å². The zero-order valence-electron chi connectivity index (χ0n) is 9.34. The first-order valence-corrected chi connectivity index (χ1v) is 5.22. The standard InChI is InChI=1S/C12H14FN3/c1-3-9-11(15-16-12(9)14)10-5-4-8(13)6-7(10)2/h4-6H,3H2,1-2H3,(H3,14,15,16). The molecule has 0 unspecified atom stereocenters. The molecule has 0 aliphatic rings. The Kier molecular flexibility index (Phi) is 2.64. The molecule has 0 atom stereocenters. The Balaban J connectivity index is 2.58. The molecule has 3 nitrogen and oxygen atoms in total. The Morgan fingerprint density at radius 3 is 2.81 bits per heavy atom. The minimum Gasteiger partial charge on any atom is -0.382 e. The third kappa shape index (κ3) is 1.66. The number of hydrogen-bond donors (Lipinski definition) is 2. The largest absolute Gasteiger partial charge is 0.382 e. The van der Waals surface area contributed by atoms with Crippen molar-refractivity contribution in [1.29, 1.82) is 0 Å². The van der Waals surface area contributed by atoms with Crippen LogP contribution in [0.25, 0.3) is 11.3 Å². The number of anilines is 1. The van der Waals surface area contributed by atoms with Gasteiger partial charge in [-0.15, -0.1) is 0 Å². The summed E-state index contributed by atoms with van der Waals surface area (Å²) < 4.78 is 13.0. The molecule has 2 aromatic rings. The first-order valence-electron chi connectivity index (χ1n) is 5.22. The number of aromatic amines is 1. The van der Waals surface area contributed by atoms with Crippen LogP contribution in [0.5, 0.6) is 0 Å². The van der Waals surface area contributed by atoms with Gasteiger partial charge in [0.05, 0.1) is 5.69 Å². The van der Waals surface area contributed by atoms with Crippen LogP contribution < -0.4 is 5.73 Å². The number of halogens is 1. The molecule has 0 radical (unpaired) electrons. The van der Waals surface area contributed by atoms with E-state index in [1.165, 1.54) is 12.1 Å². The lowest BCUT2D eigenvalue weighted by molar-refractivity contribution is 0.627. The summed E-state index contributed by atoms with van der Waals surface area (Å²) in [4.78, 5) is 0. The third-order valence-corrected chi connectivity index (χ3v) is 2.71. The first-order chi connectivity index (χ1) is 7.63. The summed E-state index contributed by atoms with van der Waals surface area (Å²) in [7, 11) is 0. The smallest absolute Gasteiger partial charge is 0.149 e. The highest BCUT2D eigenvalue weighted by Gasteiger charge is 2.12. The molecule has 0 aliphatic heterocycles. The maximum Gasteiger partial charge on any atom is 0.149 e. The van der Waals surface area contributed by atoms with Gasteiger partial charge in [0.1, 0.15) is 11.6 Å². The molecule has 0 saturated heterocycles. The fourth-order valence-electron chi connectivity index (χ4n) is 1.87. The number of hydrogen-bond acceptors (Lipinski definition) is 2. The molecular weight excluding hydrogens is 205 g/mol. The highest BCUT2D eigenvalue weighted by molar-refractivity contribution is 5.70. The van der Waals surface area contributed by atoms with Gasteiger partial charge in [-0.25, -0.2) is 4.39 Å². The lowest BCUT2D eigenvalue weighted by Gasteiger charge is -2.05. The van der Waals surface area contributed by atoms with Crippen LogP contribution in [-0.2, 0) is 6.42 Å². The second kappa shape index (κ2) is 3.96. The van der Waals surface area contributed by atoms with Crippen molar-refractivity contribution in [3.05, 3.63) is 35.1 Å². The Morgan fingerprint density at radius 1 is 1.44 bits per heavy atom. The monoisotopic (exact) mass is 219 g/mol. The van der Waals surface area contributed by atoms with Gasteiger partial charge >= 0.3 is 0 Å².